The summed E-state index contributed by atoms with van der Waals surface area (Å²) in [6, 6.07) is 11.4. The van der Waals surface area contributed by atoms with Crippen LogP contribution in [0.1, 0.15) is 5.56 Å². The Kier molecular flexibility index (Phi) is 5.70. The Morgan fingerprint density at radius 3 is 2.77 bits per heavy atom. The molecule has 2 aromatic carbocycles. The molecule has 26 heavy (non-hydrogen) atoms. The lowest BCUT2D eigenvalue weighted by Crippen LogP contribution is -2.19. The van der Waals surface area contributed by atoms with E-state index >= 15 is 0 Å². The van der Waals surface area contributed by atoms with Gasteiger partial charge in [0, 0.05) is 25.8 Å². The molecule has 0 aliphatic heterocycles. The molecule has 3 aromatic rings. The van der Waals surface area contributed by atoms with E-state index in [0.29, 0.717) is 22.7 Å². The number of amides is 1. The smallest absolute Gasteiger partial charge is 0.272 e. The summed E-state index contributed by atoms with van der Waals surface area (Å²) in [5, 5.41) is 0. The molecule has 0 aliphatic carbocycles. The maximum Gasteiger partial charge on any atom is 0.272 e. The van der Waals surface area contributed by atoms with Crippen LogP contribution in [0.25, 0.3) is 16.3 Å². The fourth-order valence-corrected chi connectivity index (χ4v) is 3.57. The molecular formula is C19H16F2N2O2S. The summed E-state index contributed by atoms with van der Waals surface area (Å²) < 4.78 is 34.7. The van der Waals surface area contributed by atoms with Crippen molar-refractivity contribution in [3.8, 4) is 0 Å². The van der Waals surface area contributed by atoms with Gasteiger partial charge in [-0.1, -0.05) is 41.7 Å². The Labute approximate surface area is 152 Å². The molecule has 0 saturated carbocycles. The number of thiazole rings is 1. The number of carbonyl (C=O) groups excluding carboxylic acids is 1. The number of benzene rings is 2. The topological polar surface area (TPSA) is 43.6 Å². The van der Waals surface area contributed by atoms with E-state index in [1.165, 1.54) is 23.8 Å². The van der Waals surface area contributed by atoms with E-state index in [0.717, 1.165) is 23.0 Å². The van der Waals surface area contributed by atoms with Crippen molar-refractivity contribution < 1.29 is 18.3 Å². The van der Waals surface area contributed by atoms with E-state index in [9.17, 15) is 13.6 Å². The minimum atomic E-state index is -0.693. The first-order chi connectivity index (χ1) is 12.6. The van der Waals surface area contributed by atoms with Gasteiger partial charge in [-0.15, -0.1) is 0 Å². The predicted molar refractivity (Wildman–Crippen MR) is 97.7 cm³/mol. The van der Waals surface area contributed by atoms with Gasteiger partial charge in [-0.25, -0.2) is 8.78 Å². The normalized spacial score (nSPS) is 12.3. The van der Waals surface area contributed by atoms with Gasteiger partial charge in [0.05, 0.1) is 16.8 Å². The SMILES string of the molecule is COCCn1c(=NC(=O)C=Cc2ccccc2)sc2cc(F)cc(F)c21. The number of aromatic nitrogens is 1. The van der Waals surface area contributed by atoms with Crippen LogP contribution in [0.4, 0.5) is 8.78 Å². The molecule has 134 valence electrons. The molecule has 1 heterocycles. The summed E-state index contributed by atoms with van der Waals surface area (Å²) in [6.45, 7) is 0.609. The molecule has 4 nitrogen and oxygen atoms in total. The van der Waals surface area contributed by atoms with Crippen LogP contribution < -0.4 is 4.80 Å². The third-order valence-electron chi connectivity index (χ3n) is 3.64. The minimum Gasteiger partial charge on any atom is -0.383 e. The minimum absolute atomic E-state index is 0.215. The first-order valence-electron chi connectivity index (χ1n) is 7.87. The maximum absolute atomic E-state index is 14.2. The number of halogens is 2. The number of hydrogen-bond donors (Lipinski definition) is 0. The summed E-state index contributed by atoms with van der Waals surface area (Å²) in [4.78, 5) is 16.5. The summed E-state index contributed by atoms with van der Waals surface area (Å²) >= 11 is 1.06. The molecular weight excluding hydrogens is 358 g/mol. The first-order valence-corrected chi connectivity index (χ1v) is 8.69. The summed E-state index contributed by atoms with van der Waals surface area (Å²) in [5.74, 6) is -1.84. The van der Waals surface area contributed by atoms with Crippen molar-refractivity contribution in [3.63, 3.8) is 0 Å². The molecule has 0 unspecified atom stereocenters. The Bertz CT molecular complexity index is 1020. The first kappa shape index (κ1) is 18.2. The molecule has 0 fully saturated rings. The molecule has 7 heteroatoms. The Hall–Kier alpha value is -2.64. The van der Waals surface area contributed by atoms with Gasteiger partial charge in [0.1, 0.15) is 5.82 Å². The van der Waals surface area contributed by atoms with Crippen LogP contribution >= 0.6 is 11.3 Å². The average molecular weight is 374 g/mol. The fraction of sp³-hybridized carbons (Fsp3) is 0.158. The number of hydrogen-bond acceptors (Lipinski definition) is 3. The number of nitrogens with zero attached hydrogens (tertiary/aromatic N) is 2. The van der Waals surface area contributed by atoms with Crippen LogP contribution in [0.2, 0.25) is 0 Å². The van der Waals surface area contributed by atoms with E-state index in [1.807, 2.05) is 30.3 Å². The molecule has 1 aromatic heterocycles. The second-order valence-electron chi connectivity index (χ2n) is 5.46. The molecule has 1 amide bonds. The van der Waals surface area contributed by atoms with Gasteiger partial charge >= 0.3 is 0 Å². The van der Waals surface area contributed by atoms with Crippen LogP contribution in [-0.4, -0.2) is 24.2 Å². The van der Waals surface area contributed by atoms with Crippen LogP contribution in [0.3, 0.4) is 0 Å². The standard InChI is InChI=1S/C19H16F2N2O2S/c1-25-10-9-23-18-15(21)11-14(20)12-16(18)26-19(23)22-17(24)8-7-13-5-3-2-4-6-13/h2-8,11-12H,9-10H2,1H3. The van der Waals surface area contributed by atoms with Gasteiger partial charge in [0.25, 0.3) is 5.91 Å². The van der Waals surface area contributed by atoms with Gasteiger partial charge in [-0.2, -0.15) is 4.99 Å². The van der Waals surface area contributed by atoms with Gasteiger partial charge in [-0.3, -0.25) is 4.79 Å². The molecule has 0 N–H and O–H groups in total. The highest BCUT2D eigenvalue weighted by atomic mass is 32.1. The average Bonchev–Trinajstić information content (AvgIpc) is 2.96. The Balaban J connectivity index is 2.02. The van der Waals surface area contributed by atoms with E-state index in [2.05, 4.69) is 4.99 Å². The molecule has 0 saturated heterocycles. The molecule has 0 atom stereocenters. The summed E-state index contributed by atoms with van der Waals surface area (Å²) in [6.07, 6.45) is 3.00. The van der Waals surface area contributed by atoms with Crippen molar-refractivity contribution in [2.45, 2.75) is 6.54 Å². The lowest BCUT2D eigenvalue weighted by atomic mass is 10.2. The second kappa shape index (κ2) is 8.16. The highest BCUT2D eigenvalue weighted by Gasteiger charge is 2.13. The number of rotatable bonds is 5. The van der Waals surface area contributed by atoms with Crippen LogP contribution in [-0.2, 0) is 16.1 Å². The molecule has 0 spiro atoms. The van der Waals surface area contributed by atoms with Gasteiger partial charge < -0.3 is 9.30 Å². The molecule has 3 rings (SSSR count). The largest absolute Gasteiger partial charge is 0.383 e. The van der Waals surface area contributed by atoms with Crippen molar-refractivity contribution in [1.29, 1.82) is 0 Å². The van der Waals surface area contributed by atoms with Crippen molar-refractivity contribution in [2.75, 3.05) is 13.7 Å². The summed E-state index contributed by atoms with van der Waals surface area (Å²) in [5.41, 5.74) is 1.08. The van der Waals surface area contributed by atoms with Crippen molar-refractivity contribution in [2.24, 2.45) is 4.99 Å². The zero-order valence-electron chi connectivity index (χ0n) is 14.0. The third-order valence-corrected chi connectivity index (χ3v) is 4.66. The van der Waals surface area contributed by atoms with E-state index in [1.54, 1.807) is 6.08 Å². The zero-order chi connectivity index (χ0) is 18.5. The van der Waals surface area contributed by atoms with Crippen molar-refractivity contribution >= 4 is 33.5 Å². The van der Waals surface area contributed by atoms with E-state index < -0.39 is 17.5 Å². The number of ether oxygens (including phenoxy) is 1. The molecule has 0 radical (unpaired) electrons. The highest BCUT2D eigenvalue weighted by molar-refractivity contribution is 7.16. The third kappa shape index (κ3) is 4.12. The highest BCUT2D eigenvalue weighted by Crippen LogP contribution is 2.22. The van der Waals surface area contributed by atoms with Crippen LogP contribution in [0, 0.1) is 11.6 Å². The van der Waals surface area contributed by atoms with Crippen molar-refractivity contribution in [1.82, 2.24) is 4.57 Å². The quantitative estimate of drug-likeness (QED) is 0.638. The molecule has 0 aliphatic rings. The lowest BCUT2D eigenvalue weighted by Gasteiger charge is -2.04. The zero-order valence-corrected chi connectivity index (χ0v) is 14.8. The van der Waals surface area contributed by atoms with Crippen LogP contribution in [0.15, 0.2) is 53.5 Å². The van der Waals surface area contributed by atoms with Gasteiger partial charge in [0.15, 0.2) is 10.6 Å². The second-order valence-corrected chi connectivity index (χ2v) is 6.47. The van der Waals surface area contributed by atoms with E-state index in [-0.39, 0.29) is 5.52 Å². The van der Waals surface area contributed by atoms with Gasteiger partial charge in [-0.05, 0) is 17.7 Å². The molecule has 0 bridgehead atoms. The Morgan fingerprint density at radius 1 is 1.27 bits per heavy atom. The number of carbonyl (C=O) groups is 1. The Morgan fingerprint density at radius 2 is 2.04 bits per heavy atom. The maximum atomic E-state index is 14.2. The lowest BCUT2D eigenvalue weighted by molar-refractivity contribution is -0.113. The number of methoxy groups -OCH3 is 1. The van der Waals surface area contributed by atoms with Crippen molar-refractivity contribution in [3.05, 3.63) is 70.5 Å². The monoisotopic (exact) mass is 374 g/mol. The van der Waals surface area contributed by atoms with Gasteiger partial charge in [0.2, 0.25) is 0 Å². The predicted octanol–water partition coefficient (Wildman–Crippen LogP) is 3.77. The number of fused-ring (bicyclic) bond motifs is 1. The van der Waals surface area contributed by atoms with E-state index in [4.69, 9.17) is 4.74 Å². The van der Waals surface area contributed by atoms with Crippen LogP contribution in [0.5, 0.6) is 0 Å². The fourth-order valence-electron chi connectivity index (χ4n) is 2.47. The summed E-state index contributed by atoms with van der Waals surface area (Å²) in [7, 11) is 1.52.